The van der Waals surface area contributed by atoms with E-state index in [1.165, 1.54) is 11.8 Å². The summed E-state index contributed by atoms with van der Waals surface area (Å²) in [5.74, 6) is 0.477. The van der Waals surface area contributed by atoms with E-state index in [1.54, 1.807) is 0 Å². The van der Waals surface area contributed by atoms with Gasteiger partial charge in [0.1, 0.15) is 5.75 Å². The number of rotatable bonds is 2. The molecule has 18 heavy (non-hydrogen) atoms. The molecule has 2 nitrogen and oxygen atoms in total. The summed E-state index contributed by atoms with van der Waals surface area (Å²) in [6.45, 7) is 0. The zero-order chi connectivity index (χ0) is 12.5. The van der Waals surface area contributed by atoms with Crippen molar-refractivity contribution in [2.75, 3.05) is 0 Å². The number of halogens is 1. The average Bonchev–Trinajstić information content (AvgIpc) is 2.73. The van der Waals surface area contributed by atoms with Crippen molar-refractivity contribution in [1.82, 2.24) is 0 Å². The lowest BCUT2D eigenvalue weighted by atomic mass is 10.2. The molecule has 0 aliphatic carbocycles. The molecule has 0 saturated heterocycles. The number of carbonyl (C=O) groups is 1. The Balaban J connectivity index is 1.98. The van der Waals surface area contributed by atoms with E-state index in [9.17, 15) is 4.79 Å². The van der Waals surface area contributed by atoms with Gasteiger partial charge < -0.3 is 4.74 Å². The van der Waals surface area contributed by atoms with Crippen LogP contribution in [0.5, 0.6) is 5.75 Å². The Hall–Kier alpha value is -1.45. The smallest absolute Gasteiger partial charge is 0.315 e. The molecule has 0 radical (unpaired) electrons. The largest absolute Gasteiger partial charge is 0.425 e. The Bertz CT molecular complexity index is 625. The van der Waals surface area contributed by atoms with E-state index >= 15 is 0 Å². The van der Waals surface area contributed by atoms with Crippen molar-refractivity contribution in [3.8, 4) is 5.75 Å². The fourth-order valence-corrected chi connectivity index (χ4v) is 3.06. The van der Waals surface area contributed by atoms with Gasteiger partial charge >= 0.3 is 5.97 Å². The predicted octanol–water partition coefficient (Wildman–Crippen LogP) is 3.95. The minimum atomic E-state index is -0.197. The first-order valence-corrected chi connectivity index (χ1v) is 6.68. The third-order valence-electron chi connectivity index (χ3n) is 2.67. The Morgan fingerprint density at radius 3 is 2.67 bits per heavy atom. The molecule has 0 spiro atoms. The van der Waals surface area contributed by atoms with E-state index in [2.05, 4.69) is 0 Å². The highest BCUT2D eigenvalue weighted by atomic mass is 35.5. The lowest BCUT2D eigenvalue weighted by molar-refractivity contribution is -0.132. The molecule has 90 valence electrons. The fourth-order valence-electron chi connectivity index (χ4n) is 1.85. The van der Waals surface area contributed by atoms with E-state index in [0.29, 0.717) is 17.2 Å². The summed E-state index contributed by atoms with van der Waals surface area (Å²) in [7, 11) is 0. The van der Waals surface area contributed by atoms with Gasteiger partial charge in [-0.1, -0.05) is 47.6 Å². The summed E-state index contributed by atoms with van der Waals surface area (Å²) in [5, 5.41) is 0.699. The summed E-state index contributed by atoms with van der Waals surface area (Å²) in [6.07, 6.45) is 0.353. The summed E-state index contributed by atoms with van der Waals surface area (Å²) in [4.78, 5) is 13.2. The van der Waals surface area contributed by atoms with Crippen LogP contribution in [0.15, 0.2) is 52.3 Å². The number of ether oxygens (including phenoxy) is 1. The average molecular weight is 277 g/mol. The second kappa shape index (κ2) is 4.67. The highest BCUT2D eigenvalue weighted by Crippen LogP contribution is 2.41. The predicted molar refractivity (Wildman–Crippen MR) is 71.4 cm³/mol. The van der Waals surface area contributed by atoms with Crippen LogP contribution in [-0.2, 0) is 11.2 Å². The Morgan fingerprint density at radius 1 is 1.06 bits per heavy atom. The van der Waals surface area contributed by atoms with Crippen LogP contribution in [0.25, 0.3) is 0 Å². The van der Waals surface area contributed by atoms with Gasteiger partial charge in [-0.25, -0.2) is 0 Å². The molecule has 0 amide bonds. The number of hydrogen-bond donors (Lipinski definition) is 0. The molecule has 0 atom stereocenters. The highest BCUT2D eigenvalue weighted by molar-refractivity contribution is 7.99. The fraction of sp³-hybridized carbons (Fsp3) is 0.0714. The van der Waals surface area contributed by atoms with Crippen LogP contribution in [0.1, 0.15) is 5.56 Å². The third-order valence-corrected chi connectivity index (χ3v) is 4.23. The van der Waals surface area contributed by atoms with Crippen molar-refractivity contribution in [2.45, 2.75) is 16.2 Å². The molecule has 3 rings (SSSR count). The first-order valence-electron chi connectivity index (χ1n) is 5.49. The quantitative estimate of drug-likeness (QED) is 0.614. The minimum absolute atomic E-state index is 0.197. The van der Waals surface area contributed by atoms with Gasteiger partial charge in [0.25, 0.3) is 0 Å². The first-order chi connectivity index (χ1) is 8.74. The van der Waals surface area contributed by atoms with Crippen LogP contribution >= 0.6 is 23.4 Å². The van der Waals surface area contributed by atoms with Gasteiger partial charge in [-0.15, -0.1) is 0 Å². The van der Waals surface area contributed by atoms with Crippen LogP contribution in [0.3, 0.4) is 0 Å². The van der Waals surface area contributed by atoms with Crippen molar-refractivity contribution in [1.29, 1.82) is 0 Å². The molecular formula is C14H9ClO2S. The number of benzene rings is 2. The van der Waals surface area contributed by atoms with Crippen LogP contribution in [0.2, 0.25) is 5.02 Å². The van der Waals surface area contributed by atoms with Gasteiger partial charge in [-0.2, -0.15) is 0 Å². The number of esters is 1. The van der Waals surface area contributed by atoms with Gasteiger partial charge in [0.05, 0.1) is 16.3 Å². The van der Waals surface area contributed by atoms with E-state index in [-0.39, 0.29) is 5.97 Å². The van der Waals surface area contributed by atoms with Crippen molar-refractivity contribution >= 4 is 29.3 Å². The molecule has 2 aromatic carbocycles. The number of para-hydroxylation sites is 1. The van der Waals surface area contributed by atoms with Crippen molar-refractivity contribution in [2.24, 2.45) is 0 Å². The van der Waals surface area contributed by atoms with E-state index in [4.69, 9.17) is 16.3 Å². The molecule has 1 heterocycles. The van der Waals surface area contributed by atoms with Crippen molar-refractivity contribution in [3.05, 3.63) is 53.1 Å². The Morgan fingerprint density at radius 2 is 1.83 bits per heavy atom. The number of fused-ring (bicyclic) bond motifs is 1. The van der Waals surface area contributed by atoms with Crippen LogP contribution in [-0.4, -0.2) is 5.97 Å². The molecule has 0 unspecified atom stereocenters. The zero-order valence-electron chi connectivity index (χ0n) is 9.35. The second-order valence-electron chi connectivity index (χ2n) is 3.93. The summed E-state index contributed by atoms with van der Waals surface area (Å²) < 4.78 is 5.25. The SMILES string of the molecule is O=C1Cc2cccc(Sc3ccccc3Cl)c2O1. The molecule has 0 saturated carbocycles. The normalized spacial score (nSPS) is 13.3. The summed E-state index contributed by atoms with van der Waals surface area (Å²) in [5.41, 5.74) is 0.942. The maximum absolute atomic E-state index is 11.3. The zero-order valence-corrected chi connectivity index (χ0v) is 10.9. The van der Waals surface area contributed by atoms with Gasteiger partial charge in [-0.3, -0.25) is 4.79 Å². The van der Waals surface area contributed by atoms with Gasteiger partial charge in [-0.05, 0) is 18.2 Å². The maximum Gasteiger partial charge on any atom is 0.315 e. The van der Waals surface area contributed by atoms with Crippen LogP contribution < -0.4 is 4.74 Å². The Kier molecular flexibility index (Phi) is 3.02. The monoisotopic (exact) mass is 276 g/mol. The molecule has 2 aromatic rings. The minimum Gasteiger partial charge on any atom is -0.425 e. The molecule has 4 heteroatoms. The molecule has 0 N–H and O–H groups in total. The molecule has 1 aliphatic heterocycles. The molecule has 0 fully saturated rings. The van der Waals surface area contributed by atoms with Gasteiger partial charge in [0.15, 0.2) is 0 Å². The second-order valence-corrected chi connectivity index (χ2v) is 5.42. The molecule has 0 bridgehead atoms. The summed E-state index contributed by atoms with van der Waals surface area (Å²) >= 11 is 7.64. The molecule has 0 aromatic heterocycles. The van der Waals surface area contributed by atoms with Crippen molar-refractivity contribution in [3.63, 3.8) is 0 Å². The number of hydrogen-bond acceptors (Lipinski definition) is 3. The highest BCUT2D eigenvalue weighted by Gasteiger charge is 2.23. The van der Waals surface area contributed by atoms with Crippen molar-refractivity contribution < 1.29 is 9.53 Å². The maximum atomic E-state index is 11.3. The lowest BCUT2D eigenvalue weighted by Crippen LogP contribution is -2.00. The number of carbonyl (C=O) groups excluding carboxylic acids is 1. The Labute approximate surface area is 114 Å². The topological polar surface area (TPSA) is 26.3 Å². The third kappa shape index (κ3) is 2.11. The summed E-state index contributed by atoms with van der Waals surface area (Å²) in [6, 6.07) is 13.4. The molecule has 1 aliphatic rings. The first kappa shape index (κ1) is 11.6. The standard InChI is InChI=1S/C14H9ClO2S/c15-10-5-1-2-6-11(10)18-12-7-3-4-9-8-13(16)17-14(9)12/h1-7H,8H2. The lowest BCUT2D eigenvalue weighted by Gasteiger charge is -2.07. The van der Waals surface area contributed by atoms with Gasteiger partial charge in [0.2, 0.25) is 0 Å². The van der Waals surface area contributed by atoms with E-state index in [0.717, 1.165) is 15.4 Å². The van der Waals surface area contributed by atoms with E-state index in [1.807, 2.05) is 42.5 Å². The van der Waals surface area contributed by atoms with E-state index < -0.39 is 0 Å². The molecular weight excluding hydrogens is 268 g/mol. The van der Waals surface area contributed by atoms with Crippen LogP contribution in [0, 0.1) is 0 Å². The van der Waals surface area contributed by atoms with Gasteiger partial charge in [0, 0.05) is 10.5 Å². The van der Waals surface area contributed by atoms with Crippen LogP contribution in [0.4, 0.5) is 0 Å².